The summed E-state index contributed by atoms with van der Waals surface area (Å²) in [5.74, 6) is 0.283. The van der Waals surface area contributed by atoms with E-state index in [-0.39, 0.29) is 23.7 Å². The molecular weight excluding hydrogens is 320 g/mol. The van der Waals surface area contributed by atoms with Crippen LogP contribution in [0, 0.1) is 17.2 Å². The van der Waals surface area contributed by atoms with Crippen LogP contribution in [0.2, 0.25) is 0 Å². The molecule has 0 bridgehead atoms. The number of imidazole rings is 1. The summed E-state index contributed by atoms with van der Waals surface area (Å²) in [5, 5.41) is 9.11. The van der Waals surface area contributed by atoms with Crippen LogP contribution in [-0.2, 0) is 4.74 Å². The maximum absolute atomic E-state index is 12.4. The molecule has 3 rings (SSSR count). The summed E-state index contributed by atoms with van der Waals surface area (Å²) < 4.78 is 6.98. The zero-order valence-corrected chi connectivity index (χ0v) is 14.5. The Labute approximate surface area is 145 Å². The number of nitriles is 1. The van der Waals surface area contributed by atoms with Gasteiger partial charge in [-0.3, -0.25) is 4.57 Å². The molecule has 1 N–H and O–H groups in total. The van der Waals surface area contributed by atoms with Crippen LogP contribution in [0.3, 0.4) is 0 Å². The SMILES string of the molecule is CC(C)COC(=O)N1CCC[C@H](n2c(=O)[nH]c3ccc(C#N)cc32)C1. The normalized spacial score (nSPS) is 17.7. The van der Waals surface area contributed by atoms with Crippen LogP contribution in [0.4, 0.5) is 4.79 Å². The van der Waals surface area contributed by atoms with Gasteiger partial charge in [0.05, 0.1) is 35.3 Å². The predicted molar refractivity (Wildman–Crippen MR) is 93.3 cm³/mol. The van der Waals surface area contributed by atoms with Crippen LogP contribution in [0.1, 0.15) is 38.3 Å². The van der Waals surface area contributed by atoms with Crippen LogP contribution in [-0.4, -0.2) is 40.2 Å². The fourth-order valence-electron chi connectivity index (χ4n) is 3.21. The van der Waals surface area contributed by atoms with Gasteiger partial charge >= 0.3 is 11.8 Å². The highest BCUT2D eigenvalue weighted by molar-refractivity contribution is 5.77. The molecular formula is C18H22N4O3. The first-order chi connectivity index (χ1) is 12.0. The number of H-pyrrole nitrogens is 1. The minimum Gasteiger partial charge on any atom is -0.449 e. The maximum atomic E-state index is 12.4. The van der Waals surface area contributed by atoms with E-state index in [0.717, 1.165) is 12.8 Å². The number of likely N-dealkylation sites (tertiary alicyclic amines) is 1. The number of nitrogens with one attached hydrogen (secondary N) is 1. The first-order valence-electron chi connectivity index (χ1n) is 8.55. The van der Waals surface area contributed by atoms with Crippen LogP contribution in [0.5, 0.6) is 0 Å². The quantitative estimate of drug-likeness (QED) is 0.928. The molecule has 1 amide bonds. The molecule has 0 saturated carbocycles. The summed E-state index contributed by atoms with van der Waals surface area (Å²) in [5.41, 5.74) is 1.69. The Hall–Kier alpha value is -2.75. The standard InChI is InChI=1S/C18H22N4O3/c1-12(2)11-25-18(24)21-7-3-4-14(10-21)22-16-8-13(9-19)5-6-15(16)20-17(22)23/h5-6,8,12,14H,3-4,7,10-11H2,1-2H3,(H,20,23)/t14-/m0/s1. The summed E-state index contributed by atoms with van der Waals surface area (Å²) in [6.45, 7) is 5.43. The highest BCUT2D eigenvalue weighted by atomic mass is 16.6. The number of nitrogens with zero attached hydrogens (tertiary/aromatic N) is 3. The van der Waals surface area contributed by atoms with Crippen molar-refractivity contribution >= 4 is 17.1 Å². The zero-order valence-electron chi connectivity index (χ0n) is 14.5. The van der Waals surface area contributed by atoms with Crippen molar-refractivity contribution in [2.45, 2.75) is 32.7 Å². The van der Waals surface area contributed by atoms with E-state index in [1.807, 2.05) is 13.8 Å². The van der Waals surface area contributed by atoms with Crippen molar-refractivity contribution in [3.05, 3.63) is 34.2 Å². The summed E-state index contributed by atoms with van der Waals surface area (Å²) in [6.07, 6.45) is 1.28. The minimum absolute atomic E-state index is 0.129. The van der Waals surface area contributed by atoms with E-state index in [9.17, 15) is 9.59 Å². The molecule has 132 valence electrons. The first kappa shape index (κ1) is 17.1. The van der Waals surface area contributed by atoms with Crippen molar-refractivity contribution in [3.8, 4) is 6.07 Å². The van der Waals surface area contributed by atoms with Crippen LogP contribution >= 0.6 is 0 Å². The molecule has 7 nitrogen and oxygen atoms in total. The van der Waals surface area contributed by atoms with Crippen molar-refractivity contribution in [1.82, 2.24) is 14.5 Å². The number of carbonyl (C=O) groups is 1. The lowest BCUT2D eigenvalue weighted by atomic mass is 10.1. The van der Waals surface area contributed by atoms with E-state index in [1.165, 1.54) is 0 Å². The number of benzene rings is 1. The molecule has 0 radical (unpaired) electrons. The number of hydrogen-bond donors (Lipinski definition) is 1. The molecule has 25 heavy (non-hydrogen) atoms. The number of fused-ring (bicyclic) bond motifs is 1. The zero-order chi connectivity index (χ0) is 18.0. The van der Waals surface area contributed by atoms with Gasteiger partial charge in [0.15, 0.2) is 0 Å². The lowest BCUT2D eigenvalue weighted by Crippen LogP contribution is -2.43. The van der Waals surface area contributed by atoms with Gasteiger partial charge in [0.1, 0.15) is 0 Å². The number of amides is 1. The molecule has 1 aromatic carbocycles. The molecule has 0 aliphatic carbocycles. The second-order valence-electron chi connectivity index (χ2n) is 6.86. The molecule has 2 aromatic rings. The monoisotopic (exact) mass is 342 g/mol. The lowest BCUT2D eigenvalue weighted by molar-refractivity contribution is 0.0771. The maximum Gasteiger partial charge on any atom is 0.409 e. The third-order valence-corrected chi connectivity index (χ3v) is 4.41. The van der Waals surface area contributed by atoms with Gasteiger partial charge in [0.2, 0.25) is 0 Å². The molecule has 1 atom stereocenters. The molecule has 1 saturated heterocycles. The van der Waals surface area contributed by atoms with Crippen molar-refractivity contribution in [2.75, 3.05) is 19.7 Å². The average Bonchev–Trinajstić information content (AvgIpc) is 2.94. The minimum atomic E-state index is -0.330. The summed E-state index contributed by atoms with van der Waals surface area (Å²) in [4.78, 5) is 29.1. The van der Waals surface area contributed by atoms with E-state index < -0.39 is 0 Å². The number of aromatic nitrogens is 2. The van der Waals surface area contributed by atoms with Gasteiger partial charge in [-0.2, -0.15) is 5.26 Å². The Balaban J connectivity index is 1.85. The Morgan fingerprint density at radius 1 is 1.48 bits per heavy atom. The second-order valence-corrected chi connectivity index (χ2v) is 6.86. The molecule has 0 unspecified atom stereocenters. The smallest absolute Gasteiger partial charge is 0.409 e. The number of piperidine rings is 1. The Bertz CT molecular complexity index is 875. The van der Waals surface area contributed by atoms with Crippen LogP contribution in [0.15, 0.2) is 23.0 Å². The number of rotatable bonds is 3. The van der Waals surface area contributed by atoms with Crippen LogP contribution in [0.25, 0.3) is 11.0 Å². The predicted octanol–water partition coefficient (Wildman–Crippen LogP) is 2.63. The number of hydrogen-bond acceptors (Lipinski definition) is 4. The molecule has 0 spiro atoms. The van der Waals surface area contributed by atoms with Crippen LogP contribution < -0.4 is 5.69 Å². The molecule has 1 aliphatic heterocycles. The molecule has 1 aliphatic rings. The van der Waals surface area contributed by atoms with Crippen molar-refractivity contribution in [2.24, 2.45) is 5.92 Å². The molecule has 1 aromatic heterocycles. The van der Waals surface area contributed by atoms with E-state index in [4.69, 9.17) is 10.00 Å². The van der Waals surface area contributed by atoms with Gasteiger partial charge in [-0.1, -0.05) is 13.8 Å². The second kappa shape index (κ2) is 7.01. The van der Waals surface area contributed by atoms with E-state index >= 15 is 0 Å². The Morgan fingerprint density at radius 2 is 2.28 bits per heavy atom. The van der Waals surface area contributed by atoms with Gasteiger partial charge < -0.3 is 14.6 Å². The first-order valence-corrected chi connectivity index (χ1v) is 8.55. The van der Waals surface area contributed by atoms with Gasteiger partial charge in [0, 0.05) is 13.1 Å². The third kappa shape index (κ3) is 3.53. The average molecular weight is 342 g/mol. The van der Waals surface area contributed by atoms with Gasteiger partial charge in [0.25, 0.3) is 0 Å². The molecule has 2 heterocycles. The van der Waals surface area contributed by atoms with Gasteiger partial charge in [-0.05, 0) is 37.0 Å². The topological polar surface area (TPSA) is 91.1 Å². The van der Waals surface area contributed by atoms with Gasteiger partial charge in [-0.15, -0.1) is 0 Å². The lowest BCUT2D eigenvalue weighted by Gasteiger charge is -2.32. The van der Waals surface area contributed by atoms with Gasteiger partial charge in [-0.25, -0.2) is 9.59 Å². The number of ether oxygens (including phenoxy) is 1. The Kier molecular flexibility index (Phi) is 4.79. The molecule has 7 heteroatoms. The summed E-state index contributed by atoms with van der Waals surface area (Å²) >= 11 is 0. The fourth-order valence-corrected chi connectivity index (χ4v) is 3.21. The third-order valence-electron chi connectivity index (χ3n) is 4.41. The Morgan fingerprint density at radius 3 is 3.00 bits per heavy atom. The number of carbonyl (C=O) groups excluding carboxylic acids is 1. The van der Waals surface area contributed by atoms with E-state index in [2.05, 4.69) is 11.1 Å². The van der Waals surface area contributed by atoms with Crippen molar-refractivity contribution in [3.63, 3.8) is 0 Å². The fraction of sp³-hybridized carbons (Fsp3) is 0.500. The molecule has 1 fully saturated rings. The van der Waals surface area contributed by atoms with Crippen molar-refractivity contribution < 1.29 is 9.53 Å². The number of aromatic amines is 1. The summed E-state index contributed by atoms with van der Waals surface area (Å²) in [6, 6.07) is 7.10. The highest BCUT2D eigenvalue weighted by Crippen LogP contribution is 2.25. The van der Waals surface area contributed by atoms with Crippen molar-refractivity contribution in [1.29, 1.82) is 5.26 Å². The van der Waals surface area contributed by atoms with E-state index in [0.29, 0.717) is 36.3 Å². The largest absolute Gasteiger partial charge is 0.449 e. The summed E-state index contributed by atoms with van der Waals surface area (Å²) in [7, 11) is 0. The van der Waals surface area contributed by atoms with E-state index in [1.54, 1.807) is 27.7 Å². The highest BCUT2D eigenvalue weighted by Gasteiger charge is 2.28.